The summed E-state index contributed by atoms with van der Waals surface area (Å²) in [6, 6.07) is 0. The van der Waals surface area contributed by atoms with Gasteiger partial charge in [0.2, 0.25) is 5.91 Å². The number of aliphatic carboxylic acids is 1. The Morgan fingerprint density at radius 1 is 1.18 bits per heavy atom. The van der Waals surface area contributed by atoms with Crippen molar-refractivity contribution in [1.82, 2.24) is 4.90 Å². The van der Waals surface area contributed by atoms with Crippen LogP contribution in [0.5, 0.6) is 0 Å². The smallest absolute Gasteiger partial charge is 0.329 e. The maximum Gasteiger partial charge on any atom is 0.329 e. The second-order valence-corrected chi connectivity index (χ2v) is 4.78. The average molecular weight is 244 g/mol. The zero-order valence-electron chi connectivity index (χ0n) is 11.4. The van der Waals surface area contributed by atoms with Gasteiger partial charge in [0.05, 0.1) is 5.54 Å². The molecule has 0 radical (unpaired) electrons. The molecule has 0 bridgehead atoms. The lowest BCUT2D eigenvalue weighted by Crippen LogP contribution is -2.62. The van der Waals surface area contributed by atoms with E-state index in [0.717, 1.165) is 0 Å². The highest BCUT2D eigenvalue weighted by atomic mass is 16.4. The second kappa shape index (κ2) is 5.49. The fourth-order valence-electron chi connectivity index (χ4n) is 1.73. The Bertz CT molecular complexity index is 296. The number of nitrogens with two attached hydrogens (primary N) is 1. The molecule has 0 unspecified atom stereocenters. The molecule has 0 rings (SSSR count). The maximum absolute atomic E-state index is 12.3. The van der Waals surface area contributed by atoms with Crippen LogP contribution in [0.1, 0.15) is 47.5 Å². The van der Waals surface area contributed by atoms with Crippen molar-refractivity contribution >= 4 is 11.9 Å². The Kier molecular flexibility index (Phi) is 5.13. The fraction of sp³-hybridized carbons (Fsp3) is 0.833. The third-order valence-corrected chi connectivity index (χ3v) is 3.45. The highest BCUT2D eigenvalue weighted by Gasteiger charge is 2.43. The summed E-state index contributed by atoms with van der Waals surface area (Å²) in [7, 11) is 0. The summed E-state index contributed by atoms with van der Waals surface area (Å²) in [5, 5.41) is 9.17. The zero-order valence-corrected chi connectivity index (χ0v) is 11.4. The van der Waals surface area contributed by atoms with Crippen LogP contribution in [0.15, 0.2) is 0 Å². The number of carbonyl (C=O) groups excluding carboxylic acids is 1. The summed E-state index contributed by atoms with van der Waals surface area (Å²) in [6.45, 7) is 8.79. The first-order valence-corrected chi connectivity index (χ1v) is 6.01. The van der Waals surface area contributed by atoms with Crippen molar-refractivity contribution in [3.05, 3.63) is 0 Å². The Morgan fingerprint density at radius 3 is 1.82 bits per heavy atom. The highest BCUT2D eigenvalue weighted by molar-refractivity contribution is 5.91. The largest absolute Gasteiger partial charge is 0.480 e. The molecule has 0 heterocycles. The summed E-state index contributed by atoms with van der Waals surface area (Å²) in [5.74, 6) is -1.32. The fourth-order valence-corrected chi connectivity index (χ4v) is 1.73. The molecule has 5 nitrogen and oxygen atoms in total. The predicted molar refractivity (Wildman–Crippen MR) is 66.6 cm³/mol. The van der Waals surface area contributed by atoms with Crippen LogP contribution in [0.4, 0.5) is 0 Å². The number of carboxylic acids is 1. The van der Waals surface area contributed by atoms with E-state index in [1.807, 2.05) is 13.8 Å². The van der Waals surface area contributed by atoms with Gasteiger partial charge < -0.3 is 15.7 Å². The Hall–Kier alpha value is -1.10. The molecule has 0 aliphatic carbocycles. The molecule has 0 saturated heterocycles. The van der Waals surface area contributed by atoms with Crippen molar-refractivity contribution in [2.75, 3.05) is 6.54 Å². The normalized spacial score (nSPS) is 12.4. The molecule has 0 spiro atoms. The van der Waals surface area contributed by atoms with Gasteiger partial charge in [-0.3, -0.25) is 4.79 Å². The molecule has 0 aliphatic heterocycles. The zero-order chi connectivity index (χ0) is 13.9. The van der Waals surface area contributed by atoms with Crippen LogP contribution in [-0.4, -0.2) is 39.5 Å². The molecule has 3 N–H and O–H groups in total. The summed E-state index contributed by atoms with van der Waals surface area (Å²) in [5.41, 5.74) is 3.82. The van der Waals surface area contributed by atoms with Crippen LogP contribution in [0.3, 0.4) is 0 Å². The van der Waals surface area contributed by atoms with Crippen molar-refractivity contribution in [3.8, 4) is 0 Å². The first-order chi connectivity index (χ1) is 7.67. The molecule has 17 heavy (non-hydrogen) atoms. The number of rotatable bonds is 6. The molecule has 0 saturated carbocycles. The van der Waals surface area contributed by atoms with Crippen molar-refractivity contribution in [2.24, 2.45) is 5.73 Å². The summed E-state index contributed by atoms with van der Waals surface area (Å²) in [4.78, 5) is 24.9. The van der Waals surface area contributed by atoms with Crippen LogP contribution < -0.4 is 5.73 Å². The summed E-state index contributed by atoms with van der Waals surface area (Å²) >= 11 is 0. The van der Waals surface area contributed by atoms with Crippen molar-refractivity contribution in [3.63, 3.8) is 0 Å². The molecule has 0 aromatic heterocycles. The van der Waals surface area contributed by atoms with E-state index in [4.69, 9.17) is 10.8 Å². The lowest BCUT2D eigenvalue weighted by atomic mass is 9.90. The number of likely N-dealkylation sites (N-methyl/N-ethyl adjacent to an activating group) is 1. The van der Waals surface area contributed by atoms with Crippen LogP contribution in [0, 0.1) is 0 Å². The van der Waals surface area contributed by atoms with E-state index < -0.39 is 17.0 Å². The number of nitrogens with zero attached hydrogens (tertiary/aromatic N) is 1. The molecule has 100 valence electrons. The van der Waals surface area contributed by atoms with E-state index in [-0.39, 0.29) is 5.91 Å². The van der Waals surface area contributed by atoms with Gasteiger partial charge in [0.1, 0.15) is 5.54 Å². The van der Waals surface area contributed by atoms with Crippen molar-refractivity contribution in [2.45, 2.75) is 58.5 Å². The molecule has 0 aromatic carbocycles. The van der Waals surface area contributed by atoms with Crippen LogP contribution in [-0.2, 0) is 9.59 Å². The first kappa shape index (κ1) is 15.9. The number of amides is 1. The molecule has 1 amide bonds. The summed E-state index contributed by atoms with van der Waals surface area (Å²) in [6.07, 6.45) is 0.989. The number of carbonyl (C=O) groups is 2. The molecular weight excluding hydrogens is 220 g/mol. The van der Waals surface area contributed by atoms with Gasteiger partial charge in [-0.2, -0.15) is 0 Å². The second-order valence-electron chi connectivity index (χ2n) is 4.78. The van der Waals surface area contributed by atoms with E-state index in [1.54, 1.807) is 6.92 Å². The number of carboxylic acid groups (broad SMARTS) is 1. The van der Waals surface area contributed by atoms with Gasteiger partial charge in [-0.1, -0.05) is 13.8 Å². The third kappa shape index (κ3) is 2.97. The number of hydrogen-bond acceptors (Lipinski definition) is 3. The van der Waals surface area contributed by atoms with Gasteiger partial charge in [-0.25, -0.2) is 4.79 Å². The lowest BCUT2D eigenvalue weighted by Gasteiger charge is -2.40. The van der Waals surface area contributed by atoms with Crippen LogP contribution >= 0.6 is 0 Å². The molecule has 5 heteroatoms. The van der Waals surface area contributed by atoms with Gasteiger partial charge >= 0.3 is 5.97 Å². The molecule has 0 aliphatic rings. The lowest BCUT2D eigenvalue weighted by molar-refractivity contribution is -0.159. The maximum atomic E-state index is 12.3. The highest BCUT2D eigenvalue weighted by Crippen LogP contribution is 2.22. The monoisotopic (exact) mass is 244 g/mol. The van der Waals surface area contributed by atoms with Crippen molar-refractivity contribution in [1.29, 1.82) is 0 Å². The van der Waals surface area contributed by atoms with Crippen molar-refractivity contribution < 1.29 is 14.7 Å². The van der Waals surface area contributed by atoms with E-state index in [9.17, 15) is 9.59 Å². The van der Waals surface area contributed by atoms with Gasteiger partial charge in [0.15, 0.2) is 0 Å². The Balaban J connectivity index is 5.29. The third-order valence-electron chi connectivity index (χ3n) is 3.45. The Morgan fingerprint density at radius 2 is 1.59 bits per heavy atom. The SMILES string of the molecule is CCN(C(=O)C(N)(CC)CC)C(C)(C)C(=O)O. The minimum Gasteiger partial charge on any atom is -0.480 e. The van der Waals surface area contributed by atoms with Crippen LogP contribution in [0.25, 0.3) is 0 Å². The van der Waals surface area contributed by atoms with Gasteiger partial charge in [-0.05, 0) is 33.6 Å². The standard InChI is InChI=1S/C12H24N2O3/c1-6-12(13,7-2)9(15)14(8-3)11(4,5)10(16)17/h6-8,13H2,1-5H3,(H,16,17). The first-order valence-electron chi connectivity index (χ1n) is 6.01. The Labute approximate surface area is 103 Å². The van der Waals surface area contributed by atoms with Gasteiger partial charge in [0, 0.05) is 6.54 Å². The average Bonchev–Trinajstić information content (AvgIpc) is 2.28. The van der Waals surface area contributed by atoms with Gasteiger partial charge in [-0.15, -0.1) is 0 Å². The predicted octanol–water partition coefficient (Wildman–Crippen LogP) is 1.22. The van der Waals surface area contributed by atoms with Crippen LogP contribution in [0.2, 0.25) is 0 Å². The topological polar surface area (TPSA) is 83.6 Å². The molecule has 0 atom stereocenters. The van der Waals surface area contributed by atoms with E-state index >= 15 is 0 Å². The summed E-state index contributed by atoms with van der Waals surface area (Å²) < 4.78 is 0. The quantitative estimate of drug-likeness (QED) is 0.735. The minimum atomic E-state index is -1.24. The van der Waals surface area contributed by atoms with E-state index in [0.29, 0.717) is 19.4 Å². The van der Waals surface area contributed by atoms with E-state index in [1.165, 1.54) is 18.7 Å². The number of hydrogen-bond donors (Lipinski definition) is 2. The van der Waals surface area contributed by atoms with E-state index in [2.05, 4.69) is 0 Å². The molecule has 0 fully saturated rings. The molecule has 0 aromatic rings. The molecular formula is C12H24N2O3. The van der Waals surface area contributed by atoms with Gasteiger partial charge in [0.25, 0.3) is 0 Å². The minimum absolute atomic E-state index is 0.294.